The first-order valence-corrected chi connectivity index (χ1v) is 7.67. The highest BCUT2D eigenvalue weighted by Gasteiger charge is 2.25. The molecule has 1 aliphatic rings. The van der Waals surface area contributed by atoms with Crippen LogP contribution in [0.3, 0.4) is 0 Å². The van der Waals surface area contributed by atoms with Gasteiger partial charge in [0.2, 0.25) is 0 Å². The van der Waals surface area contributed by atoms with E-state index in [9.17, 15) is 4.79 Å². The minimum atomic E-state index is -0.0775. The van der Waals surface area contributed by atoms with Crippen molar-refractivity contribution < 1.29 is 9.21 Å². The average molecular weight is 299 g/mol. The Kier molecular flexibility index (Phi) is 2.89. The van der Waals surface area contributed by atoms with Crippen LogP contribution in [0.15, 0.2) is 45.8 Å². The van der Waals surface area contributed by atoms with Crippen LogP contribution in [0.1, 0.15) is 16.4 Å². The van der Waals surface area contributed by atoms with Crippen LogP contribution in [-0.2, 0) is 13.1 Å². The van der Waals surface area contributed by atoms with Gasteiger partial charge in [-0.05, 0) is 23.6 Å². The maximum absolute atomic E-state index is 12.3. The fraction of sp³-hybridized carbons (Fsp3) is 0.200. The number of hydrogen-bond donors (Lipinski definition) is 0. The molecule has 1 aliphatic heterocycles. The summed E-state index contributed by atoms with van der Waals surface area (Å²) in [5.74, 6) is 1.22. The molecule has 1 amide bonds. The lowest BCUT2D eigenvalue weighted by molar-refractivity contribution is 0.0675. The van der Waals surface area contributed by atoms with E-state index >= 15 is 0 Å². The van der Waals surface area contributed by atoms with Gasteiger partial charge in [-0.3, -0.25) is 4.79 Å². The fourth-order valence-electron chi connectivity index (χ4n) is 2.63. The third-order valence-corrected chi connectivity index (χ3v) is 4.38. The monoisotopic (exact) mass is 299 g/mol. The van der Waals surface area contributed by atoms with Crippen molar-refractivity contribution in [2.45, 2.75) is 13.1 Å². The molecule has 106 valence electrons. The van der Waals surface area contributed by atoms with E-state index in [4.69, 9.17) is 4.42 Å². The van der Waals surface area contributed by atoms with Gasteiger partial charge < -0.3 is 13.9 Å². The predicted molar refractivity (Wildman–Crippen MR) is 79.0 cm³/mol. The van der Waals surface area contributed by atoms with E-state index in [0.29, 0.717) is 18.8 Å². The van der Waals surface area contributed by atoms with Gasteiger partial charge in [0.05, 0.1) is 24.7 Å². The smallest absolute Gasteiger partial charge is 0.290 e. The molecule has 4 rings (SSSR count). The Bertz CT molecular complexity index is 759. The van der Waals surface area contributed by atoms with Gasteiger partial charge in [0, 0.05) is 24.0 Å². The number of imidazole rings is 1. The molecule has 0 saturated carbocycles. The van der Waals surface area contributed by atoms with E-state index in [1.165, 1.54) is 11.8 Å². The Morgan fingerprint density at radius 3 is 3.05 bits per heavy atom. The Labute approximate surface area is 125 Å². The lowest BCUT2D eigenvalue weighted by Gasteiger charge is -2.27. The van der Waals surface area contributed by atoms with E-state index in [2.05, 4.69) is 26.4 Å². The molecule has 0 saturated heterocycles. The number of carbonyl (C=O) groups excluding carboxylic acids is 1. The molecule has 21 heavy (non-hydrogen) atoms. The van der Waals surface area contributed by atoms with Crippen LogP contribution in [0.25, 0.3) is 11.3 Å². The van der Waals surface area contributed by atoms with Crippen molar-refractivity contribution in [3.8, 4) is 11.3 Å². The van der Waals surface area contributed by atoms with Gasteiger partial charge >= 0.3 is 0 Å². The Hall–Kier alpha value is -2.34. The topological polar surface area (TPSA) is 51.3 Å². The van der Waals surface area contributed by atoms with Gasteiger partial charge in [-0.15, -0.1) is 0 Å². The van der Waals surface area contributed by atoms with Gasteiger partial charge in [0.15, 0.2) is 5.76 Å². The van der Waals surface area contributed by atoms with Crippen LogP contribution in [0.2, 0.25) is 0 Å². The molecule has 5 nitrogen and oxygen atoms in total. The van der Waals surface area contributed by atoms with E-state index in [0.717, 1.165) is 18.1 Å². The van der Waals surface area contributed by atoms with Crippen LogP contribution >= 0.6 is 11.3 Å². The molecular weight excluding hydrogens is 286 g/mol. The molecule has 0 unspecified atom stereocenters. The number of carbonyl (C=O) groups is 1. The number of thiophene rings is 1. The zero-order valence-electron chi connectivity index (χ0n) is 11.2. The Balaban J connectivity index is 1.61. The van der Waals surface area contributed by atoms with Crippen molar-refractivity contribution >= 4 is 17.2 Å². The van der Waals surface area contributed by atoms with Crippen LogP contribution in [0.5, 0.6) is 0 Å². The van der Waals surface area contributed by atoms with Crippen molar-refractivity contribution in [1.82, 2.24) is 14.5 Å². The molecule has 3 aromatic heterocycles. The molecule has 0 N–H and O–H groups in total. The van der Waals surface area contributed by atoms with Crippen LogP contribution in [0.4, 0.5) is 0 Å². The molecule has 0 aliphatic carbocycles. The maximum Gasteiger partial charge on any atom is 0.290 e. The van der Waals surface area contributed by atoms with Crippen molar-refractivity contribution in [2.75, 3.05) is 6.54 Å². The quantitative estimate of drug-likeness (QED) is 0.731. The number of nitrogens with zero attached hydrogens (tertiary/aromatic N) is 3. The molecule has 0 aromatic carbocycles. The molecule has 0 fully saturated rings. The normalized spacial score (nSPS) is 14.2. The number of hydrogen-bond acceptors (Lipinski definition) is 4. The summed E-state index contributed by atoms with van der Waals surface area (Å²) in [5, 5.41) is 4.18. The third kappa shape index (κ3) is 2.08. The number of aromatic nitrogens is 2. The van der Waals surface area contributed by atoms with Crippen LogP contribution in [0, 0.1) is 0 Å². The van der Waals surface area contributed by atoms with Crippen molar-refractivity contribution in [1.29, 1.82) is 0 Å². The second-order valence-corrected chi connectivity index (χ2v) is 5.71. The van der Waals surface area contributed by atoms with Crippen LogP contribution < -0.4 is 0 Å². The maximum atomic E-state index is 12.3. The Morgan fingerprint density at radius 2 is 2.29 bits per heavy atom. The fourth-order valence-corrected chi connectivity index (χ4v) is 3.28. The first kappa shape index (κ1) is 12.4. The molecule has 3 aromatic rings. The molecule has 0 spiro atoms. The summed E-state index contributed by atoms with van der Waals surface area (Å²) in [5.41, 5.74) is 2.31. The zero-order valence-corrected chi connectivity index (χ0v) is 12.0. The molecule has 4 heterocycles. The Morgan fingerprint density at radius 1 is 1.33 bits per heavy atom. The van der Waals surface area contributed by atoms with Gasteiger partial charge in [-0.1, -0.05) is 0 Å². The largest absolute Gasteiger partial charge is 0.459 e. The summed E-state index contributed by atoms with van der Waals surface area (Å²) in [6, 6.07) is 5.52. The highest BCUT2D eigenvalue weighted by atomic mass is 32.1. The summed E-state index contributed by atoms with van der Waals surface area (Å²) < 4.78 is 7.37. The summed E-state index contributed by atoms with van der Waals surface area (Å²) in [6.45, 7) is 1.94. The van der Waals surface area contributed by atoms with E-state index in [-0.39, 0.29) is 5.91 Å². The molecule has 0 atom stereocenters. The van der Waals surface area contributed by atoms with E-state index in [1.54, 1.807) is 28.4 Å². The summed E-state index contributed by atoms with van der Waals surface area (Å²) in [7, 11) is 0. The van der Waals surface area contributed by atoms with Crippen LogP contribution in [-0.4, -0.2) is 26.9 Å². The lowest BCUT2D eigenvalue weighted by atomic mass is 10.2. The van der Waals surface area contributed by atoms with Gasteiger partial charge in [-0.2, -0.15) is 11.3 Å². The second kappa shape index (κ2) is 4.89. The molecule has 6 heteroatoms. The standard InChI is InChI=1S/C15H13N3O2S/c19-15(13-2-1-6-20-13)17-4-5-18-12(8-16-14(18)9-17)11-3-7-21-10-11/h1-3,6-8,10H,4-5,9H2. The minimum Gasteiger partial charge on any atom is -0.459 e. The van der Waals surface area contributed by atoms with E-state index in [1.807, 2.05) is 6.20 Å². The number of rotatable bonds is 2. The number of furan rings is 1. The van der Waals surface area contributed by atoms with Gasteiger partial charge in [0.25, 0.3) is 5.91 Å². The average Bonchev–Trinajstić information content (AvgIpc) is 3.24. The lowest BCUT2D eigenvalue weighted by Crippen LogP contribution is -2.38. The molecular formula is C15H13N3O2S. The summed E-state index contributed by atoms with van der Waals surface area (Å²) in [6.07, 6.45) is 3.41. The first-order chi connectivity index (χ1) is 10.3. The first-order valence-electron chi connectivity index (χ1n) is 6.72. The number of amides is 1. The second-order valence-electron chi connectivity index (χ2n) is 4.93. The highest BCUT2D eigenvalue weighted by molar-refractivity contribution is 7.08. The van der Waals surface area contributed by atoms with Crippen molar-refractivity contribution in [2.24, 2.45) is 0 Å². The van der Waals surface area contributed by atoms with Crippen molar-refractivity contribution in [3.63, 3.8) is 0 Å². The minimum absolute atomic E-state index is 0.0775. The highest BCUT2D eigenvalue weighted by Crippen LogP contribution is 2.26. The summed E-state index contributed by atoms with van der Waals surface area (Å²) >= 11 is 1.67. The molecule has 0 radical (unpaired) electrons. The third-order valence-electron chi connectivity index (χ3n) is 3.70. The number of fused-ring (bicyclic) bond motifs is 1. The SMILES string of the molecule is O=C(c1ccco1)N1CCn2c(-c3ccsc3)cnc2C1. The van der Waals surface area contributed by atoms with E-state index < -0.39 is 0 Å². The summed E-state index contributed by atoms with van der Waals surface area (Å²) in [4.78, 5) is 18.5. The van der Waals surface area contributed by atoms with Gasteiger partial charge in [0.1, 0.15) is 5.82 Å². The predicted octanol–water partition coefficient (Wildman–Crippen LogP) is 2.86. The zero-order chi connectivity index (χ0) is 14.2. The molecule has 0 bridgehead atoms. The van der Waals surface area contributed by atoms with Gasteiger partial charge in [-0.25, -0.2) is 4.98 Å². The van der Waals surface area contributed by atoms with Crippen molar-refractivity contribution in [3.05, 3.63) is 53.0 Å².